The summed E-state index contributed by atoms with van der Waals surface area (Å²) in [5.74, 6) is 0.945. The van der Waals surface area contributed by atoms with E-state index in [1.165, 1.54) is 12.1 Å². The van der Waals surface area contributed by atoms with Crippen LogP contribution in [0.15, 0.2) is 67.0 Å². The summed E-state index contributed by atoms with van der Waals surface area (Å²) in [6.45, 7) is 2.35. The highest BCUT2D eigenvalue weighted by Gasteiger charge is 2.28. The smallest absolute Gasteiger partial charge is 0.269 e. The van der Waals surface area contributed by atoms with Gasteiger partial charge in [0.25, 0.3) is 5.69 Å². The molecule has 1 amide bonds. The summed E-state index contributed by atoms with van der Waals surface area (Å²) < 4.78 is 12.9. The lowest BCUT2D eigenvalue weighted by atomic mass is 9.91. The number of carbonyl (C=O) groups excluding carboxylic acids is 1. The molecule has 0 N–H and O–H groups in total. The summed E-state index contributed by atoms with van der Waals surface area (Å²) in [5.41, 5.74) is 3.39. The second kappa shape index (κ2) is 11.2. The van der Waals surface area contributed by atoms with Crippen LogP contribution in [0, 0.1) is 10.1 Å². The van der Waals surface area contributed by atoms with Crippen LogP contribution in [-0.2, 0) is 4.79 Å². The number of fused-ring (bicyclic) bond motifs is 1. The Bertz CT molecular complexity index is 1480. The van der Waals surface area contributed by atoms with Gasteiger partial charge in [0.2, 0.25) is 5.91 Å². The molecular formula is C28H28ClN5O5. The zero-order valence-corrected chi connectivity index (χ0v) is 22.4. The first-order chi connectivity index (χ1) is 18.9. The van der Waals surface area contributed by atoms with Crippen LogP contribution in [-0.4, -0.2) is 65.5 Å². The third-order valence-corrected chi connectivity index (χ3v) is 7.29. The van der Waals surface area contributed by atoms with E-state index in [2.05, 4.69) is 9.88 Å². The number of imidazole rings is 1. The quantitative estimate of drug-likeness (QED) is 0.230. The average Bonchev–Trinajstić information content (AvgIpc) is 3.38. The van der Waals surface area contributed by atoms with E-state index in [1.54, 1.807) is 50.9 Å². The minimum absolute atomic E-state index is 0.0158. The lowest BCUT2D eigenvalue weighted by Gasteiger charge is -2.36. The van der Waals surface area contributed by atoms with Crippen LogP contribution in [0.3, 0.4) is 0 Å². The van der Waals surface area contributed by atoms with Crippen LogP contribution in [0.4, 0.5) is 11.4 Å². The number of ether oxygens (including phenoxy) is 2. The van der Waals surface area contributed by atoms with Gasteiger partial charge in [-0.05, 0) is 42.0 Å². The summed E-state index contributed by atoms with van der Waals surface area (Å²) >= 11 is 6.31. The molecule has 202 valence electrons. The maximum atomic E-state index is 13.7. The molecule has 3 heterocycles. The zero-order valence-electron chi connectivity index (χ0n) is 21.6. The fourth-order valence-electron chi connectivity index (χ4n) is 4.96. The Balaban J connectivity index is 1.39. The first-order valence-corrected chi connectivity index (χ1v) is 12.9. The van der Waals surface area contributed by atoms with Gasteiger partial charge in [-0.25, -0.2) is 4.98 Å². The van der Waals surface area contributed by atoms with Crippen molar-refractivity contribution in [3.05, 3.63) is 93.4 Å². The molecule has 0 bridgehead atoms. The molecule has 5 rings (SSSR count). The molecule has 0 radical (unpaired) electrons. The van der Waals surface area contributed by atoms with Crippen LogP contribution in [0.1, 0.15) is 23.6 Å². The maximum Gasteiger partial charge on any atom is 0.269 e. The Kier molecular flexibility index (Phi) is 7.56. The molecule has 0 aliphatic carbocycles. The number of benzene rings is 2. The number of halogens is 1. The number of anilines is 1. The first kappa shape index (κ1) is 26.3. The normalized spacial score (nSPS) is 14.3. The van der Waals surface area contributed by atoms with Crippen molar-refractivity contribution in [2.45, 2.75) is 12.3 Å². The lowest BCUT2D eigenvalue weighted by molar-refractivity contribution is -0.384. The van der Waals surface area contributed by atoms with Crippen molar-refractivity contribution in [3.63, 3.8) is 0 Å². The number of nitro benzene ring substituents is 1. The molecule has 1 saturated heterocycles. The fourth-order valence-corrected chi connectivity index (χ4v) is 5.12. The summed E-state index contributed by atoms with van der Waals surface area (Å²) in [6, 6.07) is 15.7. The van der Waals surface area contributed by atoms with Gasteiger partial charge >= 0.3 is 0 Å². The maximum absolute atomic E-state index is 13.7. The van der Waals surface area contributed by atoms with Gasteiger partial charge in [-0.3, -0.25) is 14.9 Å². The third-order valence-electron chi connectivity index (χ3n) is 7.07. The summed E-state index contributed by atoms with van der Waals surface area (Å²) in [7, 11) is 3.19. The average molecular weight is 550 g/mol. The van der Waals surface area contributed by atoms with E-state index in [-0.39, 0.29) is 23.9 Å². The Morgan fingerprint density at radius 1 is 1.03 bits per heavy atom. The monoisotopic (exact) mass is 549 g/mol. The third kappa shape index (κ3) is 5.61. The molecule has 2 aromatic heterocycles. The molecule has 1 aliphatic heterocycles. The van der Waals surface area contributed by atoms with Crippen molar-refractivity contribution in [1.29, 1.82) is 0 Å². The van der Waals surface area contributed by atoms with E-state index in [4.69, 9.17) is 21.1 Å². The number of amides is 1. The van der Waals surface area contributed by atoms with Crippen molar-refractivity contribution in [2.75, 3.05) is 45.3 Å². The highest BCUT2D eigenvalue weighted by molar-refractivity contribution is 6.30. The number of nitro groups is 1. The molecule has 2 aromatic carbocycles. The molecule has 1 atom stereocenters. The standard InChI is InChI=1S/C28H28ClN5O5/c1-38-23-13-19(14-24(15-23)39-2)25(26-17-30-27-8-3-20(29)18-33(26)27)16-28(35)32-11-9-31(10-12-32)21-4-6-22(7-5-21)34(36)37/h3-8,13-15,17-18,25H,9-12,16H2,1-2H3. The number of nitrogens with zero attached hydrogens (tertiary/aromatic N) is 5. The molecule has 1 aliphatic rings. The van der Waals surface area contributed by atoms with Gasteiger partial charge in [0.1, 0.15) is 17.1 Å². The van der Waals surface area contributed by atoms with Gasteiger partial charge in [0.05, 0.1) is 29.9 Å². The first-order valence-electron chi connectivity index (χ1n) is 12.5. The highest BCUT2D eigenvalue weighted by Crippen LogP contribution is 2.35. The van der Waals surface area contributed by atoms with Gasteiger partial charge in [-0.1, -0.05) is 11.6 Å². The SMILES string of the molecule is COc1cc(OC)cc(C(CC(=O)N2CCN(c3ccc([N+](=O)[O-])cc3)CC2)c2cnc3ccc(Cl)cn23)c1. The molecule has 4 aromatic rings. The lowest BCUT2D eigenvalue weighted by Crippen LogP contribution is -2.49. The van der Waals surface area contributed by atoms with Crippen LogP contribution >= 0.6 is 11.6 Å². The number of aromatic nitrogens is 2. The van der Waals surface area contributed by atoms with Gasteiger partial charge < -0.3 is 23.7 Å². The number of hydrogen-bond donors (Lipinski definition) is 0. The van der Waals surface area contributed by atoms with Crippen molar-refractivity contribution in [1.82, 2.24) is 14.3 Å². The largest absolute Gasteiger partial charge is 0.497 e. The number of carbonyl (C=O) groups is 1. The second-order valence-electron chi connectivity index (χ2n) is 9.30. The Labute approximate surface area is 230 Å². The summed E-state index contributed by atoms with van der Waals surface area (Å²) in [6.07, 6.45) is 3.80. The van der Waals surface area contributed by atoms with Gasteiger partial charge in [0, 0.05) is 74.8 Å². The van der Waals surface area contributed by atoms with Crippen molar-refractivity contribution >= 4 is 34.5 Å². The number of non-ortho nitro benzene ring substituents is 1. The topological polar surface area (TPSA) is 102 Å². The Morgan fingerprint density at radius 3 is 2.31 bits per heavy atom. The number of methoxy groups -OCH3 is 2. The molecule has 11 heteroatoms. The van der Waals surface area contributed by atoms with Crippen molar-refractivity contribution < 1.29 is 19.2 Å². The molecule has 0 saturated carbocycles. The number of hydrogen-bond acceptors (Lipinski definition) is 7. The Hall–Kier alpha value is -4.31. The molecule has 39 heavy (non-hydrogen) atoms. The summed E-state index contributed by atoms with van der Waals surface area (Å²) in [5, 5.41) is 11.5. The van der Waals surface area contributed by atoms with Gasteiger partial charge in [-0.15, -0.1) is 0 Å². The molecular weight excluding hydrogens is 522 g/mol. The number of piperazine rings is 1. The highest BCUT2D eigenvalue weighted by atomic mass is 35.5. The van der Waals surface area contributed by atoms with Crippen LogP contribution in [0.5, 0.6) is 11.5 Å². The summed E-state index contributed by atoms with van der Waals surface area (Å²) in [4.78, 5) is 32.8. The Morgan fingerprint density at radius 2 is 1.69 bits per heavy atom. The van der Waals surface area contributed by atoms with Crippen LogP contribution < -0.4 is 14.4 Å². The van der Waals surface area contributed by atoms with E-state index in [0.717, 1.165) is 22.6 Å². The van der Waals surface area contributed by atoms with Crippen LogP contribution in [0.25, 0.3) is 5.65 Å². The molecule has 10 nitrogen and oxygen atoms in total. The predicted molar refractivity (Wildman–Crippen MR) is 148 cm³/mol. The fraction of sp³-hybridized carbons (Fsp3) is 0.286. The minimum Gasteiger partial charge on any atom is -0.497 e. The van der Waals surface area contributed by atoms with Gasteiger partial charge in [0.15, 0.2) is 0 Å². The molecule has 1 unspecified atom stereocenters. The zero-order chi connectivity index (χ0) is 27.5. The van der Waals surface area contributed by atoms with Crippen LogP contribution in [0.2, 0.25) is 5.02 Å². The molecule has 0 spiro atoms. The van der Waals surface area contributed by atoms with E-state index in [1.807, 2.05) is 27.5 Å². The number of rotatable bonds is 8. The minimum atomic E-state index is -0.410. The van der Waals surface area contributed by atoms with Crippen molar-refractivity contribution in [2.24, 2.45) is 0 Å². The second-order valence-corrected chi connectivity index (χ2v) is 9.74. The van der Waals surface area contributed by atoms with E-state index in [0.29, 0.717) is 42.7 Å². The van der Waals surface area contributed by atoms with E-state index >= 15 is 0 Å². The van der Waals surface area contributed by atoms with Gasteiger partial charge in [-0.2, -0.15) is 0 Å². The predicted octanol–water partition coefficient (Wildman–Crippen LogP) is 4.78. The van der Waals surface area contributed by atoms with E-state index in [9.17, 15) is 14.9 Å². The van der Waals surface area contributed by atoms with Crippen molar-refractivity contribution in [3.8, 4) is 11.5 Å². The number of pyridine rings is 1. The molecule has 1 fully saturated rings. The van der Waals surface area contributed by atoms with E-state index < -0.39 is 4.92 Å².